The molecule has 0 atom stereocenters. The fourth-order valence-electron chi connectivity index (χ4n) is 3.04. The molecule has 1 aromatic carbocycles. The van der Waals surface area contributed by atoms with Gasteiger partial charge < -0.3 is 9.47 Å². The van der Waals surface area contributed by atoms with Gasteiger partial charge in [0.1, 0.15) is 0 Å². The molecule has 24 heavy (non-hydrogen) atoms. The summed E-state index contributed by atoms with van der Waals surface area (Å²) in [6, 6.07) is 5.10. The number of hydrogen-bond donors (Lipinski definition) is 0. The van der Waals surface area contributed by atoms with Crippen molar-refractivity contribution in [2.75, 3.05) is 33.1 Å². The van der Waals surface area contributed by atoms with Gasteiger partial charge in [0, 0.05) is 20.2 Å². The van der Waals surface area contributed by atoms with Crippen molar-refractivity contribution in [1.82, 2.24) is 4.31 Å². The molecule has 136 valence electrons. The van der Waals surface area contributed by atoms with Crippen LogP contribution in [0.1, 0.15) is 38.2 Å². The van der Waals surface area contributed by atoms with Crippen molar-refractivity contribution in [3.05, 3.63) is 29.6 Å². The fraction of sp³-hybridized carbons (Fsp3) is 0.647. The minimum absolute atomic E-state index is 0.00184. The topological polar surface area (TPSA) is 55.8 Å². The Kier molecular flexibility index (Phi) is 5.88. The van der Waals surface area contributed by atoms with Gasteiger partial charge >= 0.3 is 0 Å². The van der Waals surface area contributed by atoms with Crippen LogP contribution in [0.2, 0.25) is 0 Å². The van der Waals surface area contributed by atoms with Crippen LogP contribution in [0.3, 0.4) is 0 Å². The van der Waals surface area contributed by atoms with Crippen LogP contribution < -0.4 is 4.74 Å². The van der Waals surface area contributed by atoms with Gasteiger partial charge in [0.2, 0.25) is 10.0 Å². The molecule has 2 rings (SSSR count). The van der Waals surface area contributed by atoms with Gasteiger partial charge in [-0.05, 0) is 44.2 Å². The van der Waals surface area contributed by atoms with Crippen LogP contribution >= 0.6 is 0 Å². The highest BCUT2D eigenvalue weighted by Gasteiger charge is 2.34. The fourth-order valence-corrected chi connectivity index (χ4v) is 4.98. The summed E-state index contributed by atoms with van der Waals surface area (Å²) in [5.74, 6) is -0.178. The summed E-state index contributed by atoms with van der Waals surface area (Å²) >= 11 is 0. The largest absolute Gasteiger partial charge is 0.494 e. The van der Waals surface area contributed by atoms with Gasteiger partial charge in [-0.1, -0.05) is 12.1 Å². The monoisotopic (exact) mass is 359 g/mol. The maximum atomic E-state index is 14.4. The van der Waals surface area contributed by atoms with Crippen LogP contribution in [0.5, 0.6) is 5.75 Å². The Morgan fingerprint density at radius 2 is 1.88 bits per heavy atom. The van der Waals surface area contributed by atoms with Crippen LogP contribution in [0, 0.1) is 5.82 Å². The third-order valence-electron chi connectivity index (χ3n) is 4.58. The van der Waals surface area contributed by atoms with Crippen LogP contribution in [0.25, 0.3) is 0 Å². The SMILES string of the molecule is COc1cccc(C2CCN(S(=O)(=O)CC(C)(C)OC)CC2)c1F. The Hall–Kier alpha value is -1.18. The number of sulfonamides is 1. The number of rotatable bonds is 6. The molecule has 1 fully saturated rings. The zero-order chi connectivity index (χ0) is 18.0. The van der Waals surface area contributed by atoms with Gasteiger partial charge in [0.05, 0.1) is 18.5 Å². The van der Waals surface area contributed by atoms with E-state index in [2.05, 4.69) is 0 Å². The molecule has 1 aromatic rings. The molecular weight excluding hydrogens is 333 g/mol. The van der Waals surface area contributed by atoms with E-state index in [0.29, 0.717) is 31.5 Å². The number of piperidine rings is 1. The first-order valence-electron chi connectivity index (χ1n) is 8.05. The molecule has 0 saturated carbocycles. The summed E-state index contributed by atoms with van der Waals surface area (Å²) in [4.78, 5) is 0. The highest BCUT2D eigenvalue weighted by Crippen LogP contribution is 2.34. The molecule has 1 heterocycles. The predicted molar refractivity (Wildman–Crippen MR) is 91.4 cm³/mol. The second-order valence-corrected chi connectivity index (χ2v) is 8.73. The lowest BCUT2D eigenvalue weighted by Crippen LogP contribution is -2.44. The molecule has 0 radical (unpaired) electrons. The summed E-state index contributed by atoms with van der Waals surface area (Å²) in [5.41, 5.74) is -0.127. The lowest BCUT2D eigenvalue weighted by atomic mass is 9.90. The normalized spacial score (nSPS) is 17.9. The summed E-state index contributed by atoms with van der Waals surface area (Å²) in [7, 11) is -0.445. The molecule has 0 amide bonds. The Bertz CT molecular complexity index is 667. The minimum atomic E-state index is -3.39. The van der Waals surface area contributed by atoms with E-state index in [1.165, 1.54) is 18.5 Å². The summed E-state index contributed by atoms with van der Waals surface area (Å²) < 4.78 is 51.2. The number of ether oxygens (including phenoxy) is 2. The van der Waals surface area contributed by atoms with Gasteiger partial charge in [0.25, 0.3) is 0 Å². The van der Waals surface area contributed by atoms with Gasteiger partial charge in [-0.2, -0.15) is 0 Å². The second-order valence-electron chi connectivity index (χ2n) is 6.76. The van der Waals surface area contributed by atoms with Gasteiger partial charge in [-0.25, -0.2) is 17.1 Å². The van der Waals surface area contributed by atoms with Crippen molar-refractivity contribution in [1.29, 1.82) is 0 Å². The van der Waals surface area contributed by atoms with E-state index in [4.69, 9.17) is 9.47 Å². The van der Waals surface area contributed by atoms with Crippen molar-refractivity contribution < 1.29 is 22.3 Å². The molecule has 0 aliphatic carbocycles. The molecule has 1 aliphatic rings. The quantitative estimate of drug-likeness (QED) is 0.784. The lowest BCUT2D eigenvalue weighted by Gasteiger charge is -2.34. The molecule has 0 bridgehead atoms. The van der Waals surface area contributed by atoms with Crippen LogP contribution in [0.4, 0.5) is 4.39 Å². The molecule has 5 nitrogen and oxygen atoms in total. The molecule has 1 aliphatic heterocycles. The highest BCUT2D eigenvalue weighted by atomic mass is 32.2. The van der Waals surface area contributed by atoms with E-state index in [0.717, 1.165) is 0 Å². The maximum absolute atomic E-state index is 14.4. The predicted octanol–water partition coefficient (Wildman–Crippen LogP) is 2.77. The van der Waals surface area contributed by atoms with Crippen molar-refractivity contribution in [3.63, 3.8) is 0 Å². The Morgan fingerprint density at radius 3 is 2.42 bits per heavy atom. The zero-order valence-electron chi connectivity index (χ0n) is 14.7. The average Bonchev–Trinajstić information content (AvgIpc) is 2.54. The second kappa shape index (κ2) is 7.37. The number of methoxy groups -OCH3 is 2. The van der Waals surface area contributed by atoms with E-state index in [-0.39, 0.29) is 23.2 Å². The lowest BCUT2D eigenvalue weighted by molar-refractivity contribution is 0.0414. The van der Waals surface area contributed by atoms with E-state index in [1.54, 1.807) is 32.0 Å². The van der Waals surface area contributed by atoms with Crippen LogP contribution in [0.15, 0.2) is 18.2 Å². The van der Waals surface area contributed by atoms with E-state index in [1.807, 2.05) is 0 Å². The van der Waals surface area contributed by atoms with E-state index < -0.39 is 15.6 Å². The maximum Gasteiger partial charge on any atom is 0.216 e. The number of halogens is 1. The molecule has 0 unspecified atom stereocenters. The number of nitrogens with zero attached hydrogens (tertiary/aromatic N) is 1. The smallest absolute Gasteiger partial charge is 0.216 e. The van der Waals surface area contributed by atoms with Crippen molar-refractivity contribution in [2.45, 2.75) is 38.2 Å². The van der Waals surface area contributed by atoms with Gasteiger partial charge in [-0.3, -0.25) is 0 Å². The van der Waals surface area contributed by atoms with Gasteiger partial charge in [-0.15, -0.1) is 0 Å². The van der Waals surface area contributed by atoms with E-state index >= 15 is 0 Å². The number of hydrogen-bond acceptors (Lipinski definition) is 4. The minimum Gasteiger partial charge on any atom is -0.494 e. The van der Waals surface area contributed by atoms with Crippen molar-refractivity contribution in [2.24, 2.45) is 0 Å². The Labute approximate surface area is 143 Å². The van der Waals surface area contributed by atoms with Crippen molar-refractivity contribution >= 4 is 10.0 Å². The first-order valence-corrected chi connectivity index (χ1v) is 9.66. The Balaban J connectivity index is 2.06. The third-order valence-corrected chi connectivity index (χ3v) is 6.79. The molecule has 0 spiro atoms. The molecule has 7 heteroatoms. The van der Waals surface area contributed by atoms with Crippen molar-refractivity contribution in [3.8, 4) is 5.75 Å². The Morgan fingerprint density at radius 1 is 1.25 bits per heavy atom. The third kappa shape index (κ3) is 4.26. The van der Waals surface area contributed by atoms with Gasteiger partial charge in [0.15, 0.2) is 11.6 Å². The number of benzene rings is 1. The molecule has 0 N–H and O–H groups in total. The molecule has 1 saturated heterocycles. The van der Waals surface area contributed by atoms with Crippen LogP contribution in [-0.2, 0) is 14.8 Å². The summed E-state index contributed by atoms with van der Waals surface area (Å²) in [6.07, 6.45) is 1.19. The first kappa shape index (κ1) is 19.1. The average molecular weight is 359 g/mol. The summed E-state index contributed by atoms with van der Waals surface area (Å²) in [5, 5.41) is 0. The van der Waals surface area contributed by atoms with Crippen LogP contribution in [-0.4, -0.2) is 51.4 Å². The van der Waals surface area contributed by atoms with E-state index in [9.17, 15) is 12.8 Å². The first-order chi connectivity index (χ1) is 11.2. The zero-order valence-corrected chi connectivity index (χ0v) is 15.5. The molecule has 0 aromatic heterocycles. The summed E-state index contributed by atoms with van der Waals surface area (Å²) in [6.45, 7) is 4.29. The standard InChI is InChI=1S/C17H26FNO4S/c1-17(2,23-4)12-24(20,21)19-10-8-13(9-11-19)14-6-5-7-15(22-3)16(14)18/h5-7,13H,8-12H2,1-4H3. The molecular formula is C17H26FNO4S. The highest BCUT2D eigenvalue weighted by molar-refractivity contribution is 7.89.